The lowest BCUT2D eigenvalue weighted by atomic mass is 9.91. The summed E-state index contributed by atoms with van der Waals surface area (Å²) in [4.78, 5) is 44.7. The Balaban J connectivity index is 2.01. The van der Waals surface area contributed by atoms with Crippen LogP contribution in [-0.2, 0) is 14.4 Å². The number of para-hydroxylation sites is 1. The summed E-state index contributed by atoms with van der Waals surface area (Å²) in [6.45, 7) is 0. The molecule has 114 valence electrons. The smallest absolute Gasteiger partial charge is 0.276 e. The minimum atomic E-state index is -0.520. The summed E-state index contributed by atoms with van der Waals surface area (Å²) in [5, 5.41) is 13.0. The Kier molecular flexibility index (Phi) is 4.77. The SMILES string of the molecule is O=C(C=Cc1ccccc1[N+](=O)[O-])CC1CC(=O)NC(=O)C1. The van der Waals surface area contributed by atoms with E-state index in [0.29, 0.717) is 5.56 Å². The summed E-state index contributed by atoms with van der Waals surface area (Å²) in [6.07, 6.45) is 2.97. The van der Waals surface area contributed by atoms with Crippen LogP contribution in [0.2, 0.25) is 0 Å². The zero-order valence-electron chi connectivity index (χ0n) is 11.7. The lowest BCUT2D eigenvalue weighted by Gasteiger charge is -2.19. The van der Waals surface area contributed by atoms with Crippen molar-refractivity contribution in [3.8, 4) is 0 Å². The van der Waals surface area contributed by atoms with Crippen LogP contribution in [0.1, 0.15) is 24.8 Å². The first kappa shape index (κ1) is 15.6. The summed E-state index contributed by atoms with van der Waals surface area (Å²) in [6, 6.07) is 6.08. The Bertz CT molecular complexity index is 650. The topological polar surface area (TPSA) is 106 Å². The second-order valence-electron chi connectivity index (χ2n) is 5.07. The Morgan fingerprint density at radius 2 is 1.91 bits per heavy atom. The number of carbonyl (C=O) groups is 3. The number of nitro benzene ring substituents is 1. The monoisotopic (exact) mass is 302 g/mol. The van der Waals surface area contributed by atoms with Crippen molar-refractivity contribution in [3.63, 3.8) is 0 Å². The van der Waals surface area contributed by atoms with Gasteiger partial charge in [0.1, 0.15) is 0 Å². The number of carbonyl (C=O) groups excluding carboxylic acids is 3. The molecule has 1 aromatic carbocycles. The molecule has 1 aliphatic heterocycles. The lowest BCUT2D eigenvalue weighted by molar-refractivity contribution is -0.385. The minimum absolute atomic E-state index is 0.0658. The molecular formula is C15H14N2O5. The number of hydrogen-bond acceptors (Lipinski definition) is 5. The zero-order chi connectivity index (χ0) is 16.1. The predicted molar refractivity (Wildman–Crippen MR) is 77.6 cm³/mol. The number of benzene rings is 1. The molecule has 1 aromatic rings. The molecule has 0 aromatic heterocycles. The largest absolute Gasteiger partial charge is 0.296 e. The van der Waals surface area contributed by atoms with Crippen LogP contribution in [0.5, 0.6) is 0 Å². The van der Waals surface area contributed by atoms with E-state index in [1.54, 1.807) is 18.2 Å². The molecule has 1 heterocycles. The molecule has 1 saturated heterocycles. The summed E-state index contributed by atoms with van der Waals surface area (Å²) in [7, 11) is 0. The fourth-order valence-corrected chi connectivity index (χ4v) is 2.33. The van der Waals surface area contributed by atoms with Gasteiger partial charge in [0.25, 0.3) is 5.69 Å². The molecule has 0 unspecified atom stereocenters. The van der Waals surface area contributed by atoms with Crippen molar-refractivity contribution in [2.45, 2.75) is 19.3 Å². The van der Waals surface area contributed by atoms with Crippen LogP contribution in [0.25, 0.3) is 6.08 Å². The Morgan fingerprint density at radius 1 is 1.27 bits per heavy atom. The van der Waals surface area contributed by atoms with Gasteiger partial charge in [-0.05, 0) is 24.1 Å². The molecule has 0 spiro atoms. The molecule has 2 rings (SSSR count). The average Bonchev–Trinajstić information content (AvgIpc) is 2.44. The van der Waals surface area contributed by atoms with Gasteiger partial charge in [-0.2, -0.15) is 0 Å². The number of ketones is 1. The van der Waals surface area contributed by atoms with Gasteiger partial charge < -0.3 is 0 Å². The van der Waals surface area contributed by atoms with Gasteiger partial charge in [0, 0.05) is 25.3 Å². The van der Waals surface area contributed by atoms with Gasteiger partial charge in [-0.3, -0.25) is 29.8 Å². The molecule has 1 N–H and O–H groups in total. The number of nitro groups is 1. The molecule has 0 radical (unpaired) electrons. The second-order valence-corrected chi connectivity index (χ2v) is 5.07. The molecule has 1 aliphatic rings. The minimum Gasteiger partial charge on any atom is -0.296 e. The van der Waals surface area contributed by atoms with Crippen LogP contribution < -0.4 is 5.32 Å². The number of hydrogen-bond donors (Lipinski definition) is 1. The third-order valence-electron chi connectivity index (χ3n) is 3.30. The van der Waals surface area contributed by atoms with Crippen LogP contribution >= 0.6 is 0 Å². The molecule has 7 nitrogen and oxygen atoms in total. The highest BCUT2D eigenvalue weighted by Crippen LogP contribution is 2.21. The first-order valence-corrected chi connectivity index (χ1v) is 6.72. The number of rotatable bonds is 5. The van der Waals surface area contributed by atoms with Crippen molar-refractivity contribution in [2.75, 3.05) is 0 Å². The molecule has 0 bridgehead atoms. The van der Waals surface area contributed by atoms with E-state index in [-0.39, 0.29) is 48.5 Å². The number of imide groups is 1. The van der Waals surface area contributed by atoms with Crippen molar-refractivity contribution >= 4 is 29.4 Å². The van der Waals surface area contributed by atoms with Gasteiger partial charge in [0.05, 0.1) is 10.5 Å². The highest BCUT2D eigenvalue weighted by Gasteiger charge is 2.26. The molecule has 0 atom stereocenters. The first-order chi connectivity index (χ1) is 10.5. The number of nitrogens with zero attached hydrogens (tertiary/aromatic N) is 1. The van der Waals surface area contributed by atoms with Gasteiger partial charge in [-0.15, -0.1) is 0 Å². The Morgan fingerprint density at radius 3 is 2.55 bits per heavy atom. The average molecular weight is 302 g/mol. The maximum absolute atomic E-state index is 11.9. The number of amides is 2. The molecule has 7 heteroatoms. The van der Waals surface area contributed by atoms with E-state index in [2.05, 4.69) is 5.32 Å². The van der Waals surface area contributed by atoms with Crippen molar-refractivity contribution in [3.05, 3.63) is 46.0 Å². The lowest BCUT2D eigenvalue weighted by Crippen LogP contribution is -2.39. The van der Waals surface area contributed by atoms with Crippen molar-refractivity contribution in [1.82, 2.24) is 5.32 Å². The van der Waals surface area contributed by atoms with E-state index in [9.17, 15) is 24.5 Å². The third kappa shape index (κ3) is 4.08. The standard InChI is InChI=1S/C15H14N2O5/c18-12(7-10-8-14(19)16-15(20)9-10)6-5-11-3-1-2-4-13(11)17(21)22/h1-6,10H,7-9H2,(H,16,19,20). The van der Waals surface area contributed by atoms with E-state index in [4.69, 9.17) is 0 Å². The van der Waals surface area contributed by atoms with Gasteiger partial charge in [0.15, 0.2) is 5.78 Å². The van der Waals surface area contributed by atoms with Gasteiger partial charge in [0.2, 0.25) is 11.8 Å². The van der Waals surface area contributed by atoms with Crippen molar-refractivity contribution in [2.24, 2.45) is 5.92 Å². The maximum atomic E-state index is 11.9. The van der Waals surface area contributed by atoms with E-state index >= 15 is 0 Å². The van der Waals surface area contributed by atoms with E-state index in [0.717, 1.165) is 0 Å². The quantitative estimate of drug-likeness (QED) is 0.385. The molecular weight excluding hydrogens is 288 g/mol. The number of nitrogens with one attached hydrogen (secondary N) is 1. The first-order valence-electron chi connectivity index (χ1n) is 6.72. The Hall–Kier alpha value is -2.83. The zero-order valence-corrected chi connectivity index (χ0v) is 11.7. The Labute approximate surface area is 126 Å². The fraction of sp³-hybridized carbons (Fsp3) is 0.267. The van der Waals surface area contributed by atoms with Crippen molar-refractivity contribution in [1.29, 1.82) is 0 Å². The van der Waals surface area contributed by atoms with E-state index in [1.165, 1.54) is 18.2 Å². The molecule has 0 aliphatic carbocycles. The highest BCUT2D eigenvalue weighted by molar-refractivity contribution is 5.99. The van der Waals surface area contributed by atoms with Crippen LogP contribution in [0, 0.1) is 16.0 Å². The van der Waals surface area contributed by atoms with Crippen LogP contribution in [0.4, 0.5) is 5.69 Å². The second kappa shape index (κ2) is 6.75. The van der Waals surface area contributed by atoms with Crippen LogP contribution in [0.15, 0.2) is 30.3 Å². The van der Waals surface area contributed by atoms with Gasteiger partial charge in [-0.1, -0.05) is 12.1 Å². The fourth-order valence-electron chi connectivity index (χ4n) is 2.33. The number of piperidine rings is 1. The molecule has 2 amide bonds. The normalized spacial score (nSPS) is 15.8. The number of allylic oxidation sites excluding steroid dienone is 1. The third-order valence-corrected chi connectivity index (χ3v) is 3.30. The van der Waals surface area contributed by atoms with E-state index < -0.39 is 4.92 Å². The van der Waals surface area contributed by atoms with Crippen LogP contribution in [-0.4, -0.2) is 22.5 Å². The van der Waals surface area contributed by atoms with Crippen molar-refractivity contribution < 1.29 is 19.3 Å². The van der Waals surface area contributed by atoms with E-state index in [1.807, 2.05) is 0 Å². The van der Waals surface area contributed by atoms with Gasteiger partial charge >= 0.3 is 0 Å². The summed E-state index contributed by atoms with van der Waals surface area (Å²) < 4.78 is 0. The van der Waals surface area contributed by atoms with Crippen LogP contribution in [0.3, 0.4) is 0 Å². The molecule has 22 heavy (non-hydrogen) atoms. The predicted octanol–water partition coefficient (Wildman–Crippen LogP) is 1.62. The highest BCUT2D eigenvalue weighted by atomic mass is 16.6. The summed E-state index contributed by atoms with van der Waals surface area (Å²) in [5.74, 6) is -1.34. The molecule has 1 fully saturated rings. The maximum Gasteiger partial charge on any atom is 0.276 e. The summed E-state index contributed by atoms with van der Waals surface area (Å²) >= 11 is 0. The van der Waals surface area contributed by atoms with Gasteiger partial charge in [-0.25, -0.2) is 0 Å². The molecule has 0 saturated carbocycles. The summed E-state index contributed by atoms with van der Waals surface area (Å²) in [5.41, 5.74) is 0.247.